The smallest absolute Gasteiger partial charge is 0.281 e. The lowest BCUT2D eigenvalue weighted by Crippen LogP contribution is -2.17. The Morgan fingerprint density at radius 2 is 1.96 bits per heavy atom. The van der Waals surface area contributed by atoms with E-state index in [9.17, 15) is 4.79 Å². The van der Waals surface area contributed by atoms with E-state index < -0.39 is 0 Å². The summed E-state index contributed by atoms with van der Waals surface area (Å²) in [6.45, 7) is 0.389. The molecule has 7 heteroatoms. The third-order valence-electron chi connectivity index (χ3n) is 3.74. The second kappa shape index (κ2) is 7.02. The number of hydrogen-bond acceptors (Lipinski definition) is 6. The fraction of sp³-hybridized carbons (Fsp3) is 0.0526. The van der Waals surface area contributed by atoms with Gasteiger partial charge in [0.1, 0.15) is 5.76 Å². The summed E-state index contributed by atoms with van der Waals surface area (Å²) < 4.78 is 6.58. The van der Waals surface area contributed by atoms with Crippen LogP contribution in [0.25, 0.3) is 11.4 Å². The lowest BCUT2D eigenvalue weighted by Gasteiger charge is -2.05. The van der Waals surface area contributed by atoms with Crippen molar-refractivity contribution in [2.45, 2.75) is 6.54 Å². The Hall–Kier alpha value is -3.74. The summed E-state index contributed by atoms with van der Waals surface area (Å²) in [6.07, 6.45) is 4.92. The summed E-state index contributed by atoms with van der Waals surface area (Å²) in [5.41, 5.74) is 1.25. The molecule has 1 N–H and O–H groups in total. The molecular weight excluding hydrogens is 330 g/mol. The van der Waals surface area contributed by atoms with Crippen LogP contribution >= 0.6 is 0 Å². The van der Waals surface area contributed by atoms with Crippen molar-refractivity contribution in [3.63, 3.8) is 0 Å². The molecule has 0 radical (unpaired) electrons. The van der Waals surface area contributed by atoms with Gasteiger partial charge in [0.15, 0.2) is 5.82 Å². The average Bonchev–Trinajstić information content (AvgIpc) is 3.37. The predicted octanol–water partition coefficient (Wildman–Crippen LogP) is 3.23. The van der Waals surface area contributed by atoms with Gasteiger partial charge in [0.05, 0.1) is 12.8 Å². The van der Waals surface area contributed by atoms with Crippen molar-refractivity contribution in [2.75, 3.05) is 5.32 Å². The summed E-state index contributed by atoms with van der Waals surface area (Å²) in [5.74, 6) is 1.23. The molecule has 7 nitrogen and oxygen atoms in total. The van der Waals surface area contributed by atoms with E-state index in [2.05, 4.69) is 20.4 Å². The second-order valence-electron chi connectivity index (χ2n) is 5.52. The van der Waals surface area contributed by atoms with E-state index in [1.54, 1.807) is 42.9 Å². The number of pyridine rings is 1. The molecule has 0 saturated carbocycles. The van der Waals surface area contributed by atoms with Gasteiger partial charge >= 0.3 is 0 Å². The summed E-state index contributed by atoms with van der Waals surface area (Å²) in [6, 6.07) is 16.2. The van der Waals surface area contributed by atoms with Crippen LogP contribution in [0.4, 0.5) is 5.95 Å². The van der Waals surface area contributed by atoms with Crippen LogP contribution in [0.5, 0.6) is 0 Å². The largest absolute Gasteiger partial charge is 0.467 e. The van der Waals surface area contributed by atoms with E-state index >= 15 is 0 Å². The number of nitrogens with one attached hydrogen (secondary N) is 1. The number of benzene rings is 1. The molecule has 0 saturated heterocycles. The number of hydrogen-bond donors (Lipinski definition) is 1. The lowest BCUT2D eigenvalue weighted by atomic mass is 10.2. The van der Waals surface area contributed by atoms with Gasteiger partial charge in [-0.1, -0.05) is 18.2 Å². The molecule has 128 valence electrons. The maximum Gasteiger partial charge on any atom is 0.281 e. The number of carbonyl (C=O) groups is 1. The number of aromatic nitrogens is 4. The van der Waals surface area contributed by atoms with E-state index in [-0.39, 0.29) is 5.91 Å². The van der Waals surface area contributed by atoms with Crippen LogP contribution in [0, 0.1) is 0 Å². The Labute approximate surface area is 149 Å². The van der Waals surface area contributed by atoms with Crippen LogP contribution in [-0.2, 0) is 6.54 Å². The molecule has 0 aliphatic carbocycles. The Morgan fingerprint density at radius 1 is 1.08 bits per heavy atom. The first-order valence-electron chi connectivity index (χ1n) is 8.05. The van der Waals surface area contributed by atoms with E-state index in [4.69, 9.17) is 4.42 Å². The SMILES string of the molecule is O=C(c1ccccc1)n1nc(-c2cccnc2)nc1NCc1ccco1. The highest BCUT2D eigenvalue weighted by atomic mass is 16.3. The minimum atomic E-state index is -0.268. The quantitative estimate of drug-likeness (QED) is 0.598. The van der Waals surface area contributed by atoms with Gasteiger partial charge < -0.3 is 9.73 Å². The van der Waals surface area contributed by atoms with Crippen LogP contribution < -0.4 is 5.32 Å². The molecule has 0 fully saturated rings. The molecule has 0 spiro atoms. The molecule has 26 heavy (non-hydrogen) atoms. The molecule has 3 aromatic heterocycles. The molecule has 4 rings (SSSR count). The Bertz CT molecular complexity index is 995. The van der Waals surface area contributed by atoms with Gasteiger partial charge in [0.25, 0.3) is 5.91 Å². The maximum atomic E-state index is 12.9. The summed E-state index contributed by atoms with van der Waals surface area (Å²) in [4.78, 5) is 21.4. The van der Waals surface area contributed by atoms with Gasteiger partial charge in [-0.25, -0.2) is 0 Å². The minimum Gasteiger partial charge on any atom is -0.467 e. The van der Waals surface area contributed by atoms with Crippen molar-refractivity contribution in [1.29, 1.82) is 0 Å². The number of carbonyl (C=O) groups excluding carboxylic acids is 1. The molecule has 3 heterocycles. The molecule has 4 aromatic rings. The van der Waals surface area contributed by atoms with Gasteiger partial charge in [-0.2, -0.15) is 9.67 Å². The zero-order valence-corrected chi connectivity index (χ0v) is 13.7. The van der Waals surface area contributed by atoms with Crippen molar-refractivity contribution in [1.82, 2.24) is 19.7 Å². The highest BCUT2D eigenvalue weighted by Gasteiger charge is 2.18. The van der Waals surface area contributed by atoms with Crippen molar-refractivity contribution in [2.24, 2.45) is 0 Å². The van der Waals surface area contributed by atoms with E-state index in [1.807, 2.05) is 30.3 Å². The zero-order chi connectivity index (χ0) is 17.8. The average molecular weight is 345 g/mol. The second-order valence-corrected chi connectivity index (χ2v) is 5.52. The first-order valence-corrected chi connectivity index (χ1v) is 8.05. The van der Waals surface area contributed by atoms with Crippen LogP contribution in [0.3, 0.4) is 0 Å². The molecular formula is C19H15N5O2. The standard InChI is InChI=1S/C19H15N5O2/c25-18(14-6-2-1-3-7-14)24-19(21-13-16-9-5-11-26-16)22-17(23-24)15-8-4-10-20-12-15/h1-12H,13H2,(H,21,22,23). The lowest BCUT2D eigenvalue weighted by molar-refractivity contribution is 0.0947. The number of furan rings is 1. The number of nitrogens with zero attached hydrogens (tertiary/aromatic N) is 4. The van der Waals surface area contributed by atoms with Gasteiger partial charge in [0.2, 0.25) is 5.95 Å². The summed E-state index contributed by atoms with van der Waals surface area (Å²) in [7, 11) is 0. The van der Waals surface area contributed by atoms with Gasteiger partial charge in [-0.15, -0.1) is 5.10 Å². The normalized spacial score (nSPS) is 10.6. The van der Waals surface area contributed by atoms with Crippen molar-refractivity contribution < 1.29 is 9.21 Å². The Morgan fingerprint density at radius 3 is 2.69 bits per heavy atom. The van der Waals surface area contributed by atoms with Crippen LogP contribution in [-0.4, -0.2) is 25.7 Å². The van der Waals surface area contributed by atoms with E-state index in [0.717, 1.165) is 11.3 Å². The van der Waals surface area contributed by atoms with E-state index in [1.165, 1.54) is 4.68 Å². The fourth-order valence-corrected chi connectivity index (χ4v) is 2.47. The van der Waals surface area contributed by atoms with Gasteiger partial charge in [0, 0.05) is 23.5 Å². The summed E-state index contributed by atoms with van der Waals surface area (Å²) >= 11 is 0. The van der Waals surface area contributed by atoms with Crippen LogP contribution in [0.15, 0.2) is 77.7 Å². The molecule has 0 aliphatic rings. The maximum absolute atomic E-state index is 12.9. The highest BCUT2D eigenvalue weighted by Crippen LogP contribution is 2.18. The predicted molar refractivity (Wildman–Crippen MR) is 95.5 cm³/mol. The number of anilines is 1. The topological polar surface area (TPSA) is 85.8 Å². The number of rotatable bonds is 5. The first kappa shape index (κ1) is 15.8. The molecule has 0 unspecified atom stereocenters. The van der Waals surface area contributed by atoms with Crippen LogP contribution in [0.1, 0.15) is 16.1 Å². The van der Waals surface area contributed by atoms with E-state index in [0.29, 0.717) is 23.9 Å². The molecule has 0 aliphatic heterocycles. The molecule has 0 atom stereocenters. The zero-order valence-electron chi connectivity index (χ0n) is 13.7. The van der Waals surface area contributed by atoms with Crippen molar-refractivity contribution in [3.05, 3.63) is 84.6 Å². The molecule has 0 amide bonds. The Balaban J connectivity index is 1.70. The first-order chi connectivity index (χ1) is 12.8. The third-order valence-corrected chi connectivity index (χ3v) is 3.74. The highest BCUT2D eigenvalue weighted by molar-refractivity contribution is 5.97. The fourth-order valence-electron chi connectivity index (χ4n) is 2.47. The van der Waals surface area contributed by atoms with Gasteiger partial charge in [-0.05, 0) is 36.4 Å². The third kappa shape index (κ3) is 3.23. The molecule has 1 aromatic carbocycles. The van der Waals surface area contributed by atoms with Crippen molar-refractivity contribution in [3.8, 4) is 11.4 Å². The van der Waals surface area contributed by atoms with Crippen molar-refractivity contribution >= 4 is 11.9 Å². The molecule has 0 bridgehead atoms. The van der Waals surface area contributed by atoms with Gasteiger partial charge in [-0.3, -0.25) is 9.78 Å². The van der Waals surface area contributed by atoms with Crippen LogP contribution in [0.2, 0.25) is 0 Å². The Kier molecular flexibility index (Phi) is 4.26. The minimum absolute atomic E-state index is 0.268. The summed E-state index contributed by atoms with van der Waals surface area (Å²) in [5, 5.41) is 7.49. The monoisotopic (exact) mass is 345 g/mol.